The lowest BCUT2D eigenvalue weighted by molar-refractivity contribution is -0.126. The van der Waals surface area contributed by atoms with Crippen LogP contribution in [-0.4, -0.2) is 49.7 Å². The zero-order valence-corrected chi connectivity index (χ0v) is 17.1. The molecule has 1 saturated heterocycles. The number of anilines is 1. The van der Waals surface area contributed by atoms with E-state index in [-0.39, 0.29) is 26.0 Å². The Balaban J connectivity index is 1.76. The Hall–Kier alpha value is -3.57. The molecule has 0 saturated carbocycles. The molecule has 31 heavy (non-hydrogen) atoms. The number of carboxylic acid groups (broad SMARTS) is 2. The minimum Gasteiger partial charge on any atom is -0.478 e. The molecule has 2 amide bonds. The number of carbonyl (C=O) groups excluding carboxylic acids is 2. The van der Waals surface area contributed by atoms with Crippen LogP contribution in [0.2, 0.25) is 0 Å². The minimum atomic E-state index is -1.36. The quantitative estimate of drug-likeness (QED) is 0.444. The van der Waals surface area contributed by atoms with Crippen LogP contribution in [0.5, 0.6) is 0 Å². The van der Waals surface area contributed by atoms with E-state index in [1.807, 2.05) is 0 Å². The Kier molecular flexibility index (Phi) is 6.47. The lowest BCUT2D eigenvalue weighted by Crippen LogP contribution is -2.36. The average Bonchev–Trinajstić information content (AvgIpc) is 2.96. The number of halogens is 1. The summed E-state index contributed by atoms with van der Waals surface area (Å²) in [7, 11) is 0. The maximum atomic E-state index is 13.0. The summed E-state index contributed by atoms with van der Waals surface area (Å²) in [5, 5.41) is 20.6. The number of aromatic carboxylic acids is 2. The Morgan fingerprint density at radius 3 is 2.39 bits per heavy atom. The number of nitrogens with one attached hydrogen (secondary N) is 1. The van der Waals surface area contributed by atoms with Gasteiger partial charge in [0, 0.05) is 0 Å². The summed E-state index contributed by atoms with van der Waals surface area (Å²) >= 11 is 6.12. The van der Waals surface area contributed by atoms with Gasteiger partial charge in [-0.05, 0) is 42.0 Å². The molecular weight excluding hydrogens is 447 g/mol. The van der Waals surface area contributed by atoms with Crippen molar-refractivity contribution < 1.29 is 33.8 Å². The first kappa shape index (κ1) is 22.1. The first-order chi connectivity index (χ1) is 14.7. The largest absolute Gasteiger partial charge is 0.478 e. The van der Waals surface area contributed by atoms with Gasteiger partial charge in [-0.1, -0.05) is 36.1 Å². The van der Waals surface area contributed by atoms with Gasteiger partial charge in [0.1, 0.15) is 16.7 Å². The van der Waals surface area contributed by atoms with Crippen molar-refractivity contribution in [1.82, 2.24) is 4.90 Å². The fourth-order valence-electron chi connectivity index (χ4n) is 2.65. The molecule has 0 atom stereocenters. The molecule has 0 radical (unpaired) electrons. The van der Waals surface area contributed by atoms with Gasteiger partial charge in [0.2, 0.25) is 5.91 Å². The molecule has 3 rings (SSSR count). The summed E-state index contributed by atoms with van der Waals surface area (Å²) in [6.07, 6.45) is 1.51. The van der Waals surface area contributed by atoms with Gasteiger partial charge in [0.15, 0.2) is 0 Å². The second-order valence-corrected chi connectivity index (χ2v) is 7.91. The smallest absolute Gasteiger partial charge is 0.337 e. The molecule has 0 spiro atoms. The van der Waals surface area contributed by atoms with Crippen LogP contribution in [0, 0.1) is 5.82 Å². The van der Waals surface area contributed by atoms with Crippen molar-refractivity contribution in [2.45, 2.75) is 0 Å². The molecule has 0 bridgehead atoms. The number of thioether (sulfide) groups is 1. The lowest BCUT2D eigenvalue weighted by atomic mass is 10.1. The van der Waals surface area contributed by atoms with Crippen molar-refractivity contribution in [1.29, 1.82) is 0 Å². The summed E-state index contributed by atoms with van der Waals surface area (Å²) in [4.78, 5) is 48.8. The third-order valence-corrected chi connectivity index (χ3v) is 5.49. The van der Waals surface area contributed by atoms with Crippen molar-refractivity contribution in [2.24, 2.45) is 0 Å². The second kappa shape index (κ2) is 9.06. The summed E-state index contributed by atoms with van der Waals surface area (Å²) < 4.78 is 13.2. The van der Waals surface area contributed by atoms with E-state index in [0.29, 0.717) is 5.56 Å². The van der Waals surface area contributed by atoms with Gasteiger partial charge in [-0.3, -0.25) is 14.5 Å². The fraction of sp³-hybridized carbons (Fsp3) is 0.0500. The van der Waals surface area contributed by atoms with Crippen LogP contribution < -0.4 is 5.32 Å². The highest BCUT2D eigenvalue weighted by Gasteiger charge is 2.33. The molecule has 1 aliphatic rings. The van der Waals surface area contributed by atoms with E-state index >= 15 is 0 Å². The molecule has 2 aromatic carbocycles. The number of nitrogens with zero attached hydrogens (tertiary/aromatic N) is 1. The van der Waals surface area contributed by atoms with Gasteiger partial charge in [0.25, 0.3) is 5.91 Å². The van der Waals surface area contributed by atoms with E-state index in [1.54, 1.807) is 0 Å². The second-order valence-electron chi connectivity index (χ2n) is 6.24. The van der Waals surface area contributed by atoms with Crippen molar-refractivity contribution in [3.63, 3.8) is 0 Å². The van der Waals surface area contributed by atoms with Crippen LogP contribution in [0.1, 0.15) is 26.3 Å². The average molecular weight is 460 g/mol. The first-order valence-corrected chi connectivity index (χ1v) is 9.79. The van der Waals surface area contributed by atoms with Crippen LogP contribution in [-0.2, 0) is 9.59 Å². The number of rotatable bonds is 6. The molecule has 0 unspecified atom stereocenters. The van der Waals surface area contributed by atoms with Crippen molar-refractivity contribution in [3.05, 3.63) is 69.9 Å². The summed E-state index contributed by atoms with van der Waals surface area (Å²) in [5.74, 6) is -4.37. The molecule has 8 nitrogen and oxygen atoms in total. The zero-order chi connectivity index (χ0) is 22.7. The Bertz CT molecular complexity index is 1150. The molecule has 1 aliphatic heterocycles. The van der Waals surface area contributed by atoms with Gasteiger partial charge in [-0.15, -0.1) is 0 Å². The summed E-state index contributed by atoms with van der Waals surface area (Å²) in [5.41, 5.74) is -0.166. The third-order valence-electron chi connectivity index (χ3n) is 4.11. The number of amides is 2. The SMILES string of the molecule is O=C(CN1C(=O)/C(=C/c2ccc(F)cc2)SC1=S)Nc1cc(C(=O)O)ccc1C(=O)O. The fourth-order valence-corrected chi connectivity index (χ4v) is 3.90. The predicted molar refractivity (Wildman–Crippen MR) is 115 cm³/mol. The van der Waals surface area contributed by atoms with Gasteiger partial charge in [-0.2, -0.15) is 0 Å². The molecule has 1 heterocycles. The zero-order valence-electron chi connectivity index (χ0n) is 15.5. The molecular formula is C20H13FN2O6S2. The molecule has 3 N–H and O–H groups in total. The van der Waals surface area contributed by atoms with Gasteiger partial charge in [0.05, 0.1) is 21.7 Å². The highest BCUT2D eigenvalue weighted by Crippen LogP contribution is 2.32. The highest BCUT2D eigenvalue weighted by atomic mass is 32.2. The first-order valence-electron chi connectivity index (χ1n) is 8.57. The number of benzene rings is 2. The monoisotopic (exact) mass is 460 g/mol. The normalized spacial score (nSPS) is 14.7. The molecule has 158 valence electrons. The van der Waals surface area contributed by atoms with Crippen molar-refractivity contribution in [2.75, 3.05) is 11.9 Å². The molecule has 2 aromatic rings. The number of hydrogen-bond donors (Lipinski definition) is 3. The standard InChI is InChI=1S/C20H13FN2O6S2/c21-12-4-1-10(2-5-12)7-15-17(25)23(20(30)31-15)9-16(24)22-14-8-11(18(26)27)3-6-13(14)19(28)29/h1-8H,9H2,(H,22,24)(H,26,27)(H,28,29)/b15-7-. The van der Waals surface area contributed by atoms with E-state index in [9.17, 15) is 28.7 Å². The molecule has 0 aliphatic carbocycles. The van der Waals surface area contributed by atoms with Crippen LogP contribution >= 0.6 is 24.0 Å². The van der Waals surface area contributed by atoms with Crippen LogP contribution in [0.15, 0.2) is 47.4 Å². The molecule has 11 heteroatoms. The Labute approximate surface area is 184 Å². The number of hydrogen-bond acceptors (Lipinski definition) is 6. The Morgan fingerprint density at radius 2 is 1.77 bits per heavy atom. The maximum absolute atomic E-state index is 13.0. The molecule has 1 fully saturated rings. The van der Waals surface area contributed by atoms with Crippen molar-refractivity contribution in [3.8, 4) is 0 Å². The van der Waals surface area contributed by atoms with E-state index in [4.69, 9.17) is 17.3 Å². The number of carbonyl (C=O) groups is 4. The van der Waals surface area contributed by atoms with Gasteiger partial charge >= 0.3 is 11.9 Å². The van der Waals surface area contributed by atoms with Gasteiger partial charge in [-0.25, -0.2) is 14.0 Å². The topological polar surface area (TPSA) is 124 Å². The predicted octanol–water partition coefficient (Wildman–Crippen LogP) is 3.06. The van der Waals surface area contributed by atoms with Crippen LogP contribution in [0.4, 0.5) is 10.1 Å². The van der Waals surface area contributed by atoms with E-state index in [1.165, 1.54) is 30.3 Å². The molecule has 0 aromatic heterocycles. The number of carboxylic acids is 2. The van der Waals surface area contributed by atoms with Crippen molar-refractivity contribution >= 4 is 63.8 Å². The minimum absolute atomic E-state index is 0.117. The Morgan fingerprint density at radius 1 is 1.10 bits per heavy atom. The van der Waals surface area contributed by atoms with E-state index < -0.39 is 36.1 Å². The summed E-state index contributed by atoms with van der Waals surface area (Å²) in [6, 6.07) is 8.63. The van der Waals surface area contributed by atoms with Crippen LogP contribution in [0.25, 0.3) is 6.08 Å². The van der Waals surface area contributed by atoms with Crippen LogP contribution in [0.3, 0.4) is 0 Å². The third kappa shape index (κ3) is 5.13. The number of thiocarbonyl (C=S) groups is 1. The van der Waals surface area contributed by atoms with E-state index in [0.717, 1.165) is 34.9 Å². The highest BCUT2D eigenvalue weighted by molar-refractivity contribution is 8.26. The van der Waals surface area contributed by atoms with Gasteiger partial charge < -0.3 is 15.5 Å². The van der Waals surface area contributed by atoms with E-state index in [2.05, 4.69) is 5.32 Å². The lowest BCUT2D eigenvalue weighted by Gasteiger charge is -2.15. The maximum Gasteiger partial charge on any atom is 0.337 e. The summed E-state index contributed by atoms with van der Waals surface area (Å²) in [6.45, 7) is -0.498.